The third-order valence-corrected chi connectivity index (χ3v) is 3.00. The van der Waals surface area contributed by atoms with Gasteiger partial charge in [0.2, 0.25) is 5.91 Å². The highest BCUT2D eigenvalue weighted by atomic mass is 16.2. The maximum Gasteiger partial charge on any atom is 0.251 e. The molecule has 1 aromatic rings. The van der Waals surface area contributed by atoms with E-state index in [1.54, 1.807) is 12.1 Å². The first-order chi connectivity index (χ1) is 8.56. The Morgan fingerprint density at radius 2 is 2.22 bits per heavy atom. The number of carbonyl (C=O) groups excluding carboxylic acids is 2. The average molecular weight is 246 g/mol. The molecule has 0 spiro atoms. The predicted molar refractivity (Wildman–Crippen MR) is 70.6 cm³/mol. The van der Waals surface area contributed by atoms with Gasteiger partial charge in [0.1, 0.15) is 0 Å². The fourth-order valence-electron chi connectivity index (χ4n) is 1.93. The monoisotopic (exact) mass is 246 g/mol. The molecule has 2 amide bonds. The quantitative estimate of drug-likeness (QED) is 0.853. The van der Waals surface area contributed by atoms with Crippen molar-refractivity contribution in [3.63, 3.8) is 0 Å². The molecule has 4 nitrogen and oxygen atoms in total. The maximum atomic E-state index is 11.9. The molecular weight excluding hydrogens is 228 g/mol. The molecule has 0 aliphatic carbocycles. The lowest BCUT2D eigenvalue weighted by atomic mass is 10.1. The van der Waals surface area contributed by atoms with Gasteiger partial charge < -0.3 is 10.6 Å². The molecule has 1 aliphatic heterocycles. The zero-order chi connectivity index (χ0) is 13.1. The topological polar surface area (TPSA) is 58.2 Å². The van der Waals surface area contributed by atoms with Gasteiger partial charge in [-0.25, -0.2) is 0 Å². The van der Waals surface area contributed by atoms with Crippen molar-refractivity contribution in [1.82, 2.24) is 5.32 Å². The summed E-state index contributed by atoms with van der Waals surface area (Å²) in [5.41, 5.74) is 2.31. The normalized spacial score (nSPS) is 13.4. The van der Waals surface area contributed by atoms with Gasteiger partial charge in [-0.05, 0) is 30.0 Å². The van der Waals surface area contributed by atoms with Crippen LogP contribution in [0.2, 0.25) is 0 Å². The highest BCUT2D eigenvalue weighted by molar-refractivity contribution is 6.02. The standard InChI is InChI=1S/C14H18N2O2/c1-9(2)5-6-15-14(18)11-4-3-10-8-13(17)16-12(10)7-11/h3-4,7,9H,5-6,8H2,1-2H3,(H,15,18)(H,16,17). The van der Waals surface area contributed by atoms with E-state index in [0.717, 1.165) is 17.7 Å². The molecule has 0 bridgehead atoms. The van der Waals surface area contributed by atoms with E-state index in [1.165, 1.54) is 0 Å². The van der Waals surface area contributed by atoms with Crippen molar-refractivity contribution < 1.29 is 9.59 Å². The summed E-state index contributed by atoms with van der Waals surface area (Å²) in [6.07, 6.45) is 1.37. The van der Waals surface area contributed by atoms with Gasteiger partial charge in [0.15, 0.2) is 0 Å². The molecule has 18 heavy (non-hydrogen) atoms. The largest absolute Gasteiger partial charge is 0.352 e. The SMILES string of the molecule is CC(C)CCNC(=O)c1ccc2c(c1)NC(=O)C2. The van der Waals surface area contributed by atoms with Crippen LogP contribution in [0.25, 0.3) is 0 Å². The summed E-state index contributed by atoms with van der Waals surface area (Å²) < 4.78 is 0. The van der Waals surface area contributed by atoms with Gasteiger partial charge in [-0.1, -0.05) is 19.9 Å². The van der Waals surface area contributed by atoms with Crippen LogP contribution in [0.5, 0.6) is 0 Å². The molecular formula is C14H18N2O2. The number of fused-ring (bicyclic) bond motifs is 1. The van der Waals surface area contributed by atoms with Crippen molar-refractivity contribution in [1.29, 1.82) is 0 Å². The minimum absolute atomic E-state index is 0.0117. The number of nitrogens with one attached hydrogen (secondary N) is 2. The first-order valence-electron chi connectivity index (χ1n) is 6.27. The number of hydrogen-bond donors (Lipinski definition) is 2. The molecule has 0 fully saturated rings. The van der Waals surface area contributed by atoms with Gasteiger partial charge in [-0.2, -0.15) is 0 Å². The van der Waals surface area contributed by atoms with Crippen molar-refractivity contribution in [2.75, 3.05) is 11.9 Å². The van der Waals surface area contributed by atoms with Crippen LogP contribution in [0.4, 0.5) is 5.69 Å². The van der Waals surface area contributed by atoms with E-state index >= 15 is 0 Å². The Kier molecular flexibility index (Phi) is 3.65. The first-order valence-corrected chi connectivity index (χ1v) is 6.27. The van der Waals surface area contributed by atoms with Crippen molar-refractivity contribution in [2.45, 2.75) is 26.7 Å². The average Bonchev–Trinajstić information content (AvgIpc) is 2.67. The van der Waals surface area contributed by atoms with Gasteiger partial charge >= 0.3 is 0 Å². The maximum absolute atomic E-state index is 11.9. The Balaban J connectivity index is 1.99. The molecule has 1 heterocycles. The number of anilines is 1. The molecule has 1 aromatic carbocycles. The molecule has 4 heteroatoms. The molecule has 1 aliphatic rings. The zero-order valence-corrected chi connectivity index (χ0v) is 10.7. The van der Waals surface area contributed by atoms with Gasteiger partial charge in [0, 0.05) is 17.8 Å². The van der Waals surface area contributed by atoms with E-state index in [1.807, 2.05) is 6.07 Å². The van der Waals surface area contributed by atoms with Crippen molar-refractivity contribution >= 4 is 17.5 Å². The molecule has 0 saturated carbocycles. The Bertz CT molecular complexity index is 481. The summed E-state index contributed by atoms with van der Waals surface area (Å²) in [4.78, 5) is 23.1. The number of benzene rings is 1. The summed E-state index contributed by atoms with van der Waals surface area (Å²) >= 11 is 0. The Morgan fingerprint density at radius 1 is 1.44 bits per heavy atom. The Morgan fingerprint density at radius 3 is 2.94 bits per heavy atom. The number of hydrogen-bond acceptors (Lipinski definition) is 2. The minimum atomic E-state index is -0.0837. The molecule has 0 unspecified atom stereocenters. The van der Waals surface area contributed by atoms with Crippen molar-refractivity contribution in [2.24, 2.45) is 5.92 Å². The fraction of sp³-hybridized carbons (Fsp3) is 0.429. The van der Waals surface area contributed by atoms with Crippen molar-refractivity contribution in [3.05, 3.63) is 29.3 Å². The molecule has 0 saturated heterocycles. The van der Waals surface area contributed by atoms with Crippen LogP contribution in [0.3, 0.4) is 0 Å². The van der Waals surface area contributed by atoms with Crippen LogP contribution in [0.15, 0.2) is 18.2 Å². The van der Waals surface area contributed by atoms with Crippen LogP contribution in [0, 0.1) is 5.92 Å². The molecule has 0 atom stereocenters. The number of rotatable bonds is 4. The third kappa shape index (κ3) is 2.88. The molecule has 0 radical (unpaired) electrons. The lowest BCUT2D eigenvalue weighted by molar-refractivity contribution is -0.115. The van der Waals surface area contributed by atoms with E-state index in [2.05, 4.69) is 24.5 Å². The molecule has 96 valence electrons. The summed E-state index contributed by atoms with van der Waals surface area (Å²) in [6.45, 7) is 4.92. The Hall–Kier alpha value is -1.84. The van der Waals surface area contributed by atoms with Gasteiger partial charge in [-0.3, -0.25) is 9.59 Å². The summed E-state index contributed by atoms with van der Waals surface area (Å²) in [7, 11) is 0. The van der Waals surface area contributed by atoms with Crippen LogP contribution in [0.1, 0.15) is 36.2 Å². The highest BCUT2D eigenvalue weighted by Gasteiger charge is 2.18. The highest BCUT2D eigenvalue weighted by Crippen LogP contribution is 2.23. The lowest BCUT2D eigenvalue weighted by Crippen LogP contribution is -2.25. The van der Waals surface area contributed by atoms with E-state index in [4.69, 9.17) is 0 Å². The predicted octanol–water partition coefficient (Wildman–Crippen LogP) is 1.96. The molecule has 0 aromatic heterocycles. The van der Waals surface area contributed by atoms with E-state index in [0.29, 0.717) is 24.4 Å². The zero-order valence-electron chi connectivity index (χ0n) is 10.7. The van der Waals surface area contributed by atoms with Crippen LogP contribution >= 0.6 is 0 Å². The minimum Gasteiger partial charge on any atom is -0.352 e. The number of amides is 2. The second-order valence-corrected chi connectivity index (χ2v) is 5.04. The van der Waals surface area contributed by atoms with Gasteiger partial charge in [0.25, 0.3) is 5.91 Å². The molecule has 2 N–H and O–H groups in total. The fourth-order valence-corrected chi connectivity index (χ4v) is 1.93. The summed E-state index contributed by atoms with van der Waals surface area (Å²) in [5.74, 6) is 0.478. The smallest absolute Gasteiger partial charge is 0.251 e. The van der Waals surface area contributed by atoms with Crippen LogP contribution < -0.4 is 10.6 Å². The van der Waals surface area contributed by atoms with Crippen LogP contribution in [-0.2, 0) is 11.2 Å². The van der Waals surface area contributed by atoms with E-state index in [9.17, 15) is 9.59 Å². The second-order valence-electron chi connectivity index (χ2n) is 5.04. The lowest BCUT2D eigenvalue weighted by Gasteiger charge is -2.08. The Labute approximate surface area is 107 Å². The van der Waals surface area contributed by atoms with E-state index in [-0.39, 0.29) is 11.8 Å². The summed E-state index contributed by atoms with van der Waals surface area (Å²) in [5, 5.41) is 5.63. The first kappa shape index (κ1) is 12.6. The molecule has 2 rings (SSSR count). The third-order valence-electron chi connectivity index (χ3n) is 3.00. The van der Waals surface area contributed by atoms with Gasteiger partial charge in [-0.15, -0.1) is 0 Å². The second kappa shape index (κ2) is 5.21. The summed E-state index contributed by atoms with van der Waals surface area (Å²) in [6, 6.07) is 5.35. The van der Waals surface area contributed by atoms with Gasteiger partial charge in [0.05, 0.1) is 6.42 Å². The van der Waals surface area contributed by atoms with E-state index < -0.39 is 0 Å². The van der Waals surface area contributed by atoms with Crippen LogP contribution in [-0.4, -0.2) is 18.4 Å². The van der Waals surface area contributed by atoms with Crippen molar-refractivity contribution in [3.8, 4) is 0 Å². The number of carbonyl (C=O) groups is 2.